The lowest BCUT2D eigenvalue weighted by Crippen LogP contribution is -2.44. The summed E-state index contributed by atoms with van der Waals surface area (Å²) >= 11 is 0. The number of nitrogens with zero attached hydrogens (tertiary/aromatic N) is 6. The Labute approximate surface area is 223 Å². The van der Waals surface area contributed by atoms with Gasteiger partial charge in [0.05, 0.1) is 24.6 Å². The van der Waals surface area contributed by atoms with Crippen LogP contribution >= 0.6 is 0 Å². The molecule has 0 bridgehead atoms. The number of carbonyl (C=O) groups is 3. The van der Waals surface area contributed by atoms with Gasteiger partial charge in [0.1, 0.15) is 18.1 Å². The van der Waals surface area contributed by atoms with Crippen molar-refractivity contribution in [2.24, 2.45) is 15.4 Å². The molecule has 3 aromatic rings. The minimum absolute atomic E-state index is 0.108. The van der Waals surface area contributed by atoms with Gasteiger partial charge in [-0.15, -0.1) is 0 Å². The van der Waals surface area contributed by atoms with Crippen molar-refractivity contribution < 1.29 is 23.5 Å². The van der Waals surface area contributed by atoms with Gasteiger partial charge in [0.15, 0.2) is 12.1 Å². The molecule has 0 aliphatic carbocycles. The Kier molecular flexibility index (Phi) is 6.10. The van der Waals surface area contributed by atoms with Crippen molar-refractivity contribution in [3.8, 4) is 5.75 Å². The number of hydrazone groups is 1. The summed E-state index contributed by atoms with van der Waals surface area (Å²) in [6, 6.07) is 19.6. The highest BCUT2D eigenvalue weighted by Gasteiger charge is 2.55. The average Bonchev–Trinajstić information content (AvgIpc) is 3.65. The number of carbonyl (C=O) groups excluding carboxylic acids is 3. The zero-order chi connectivity index (χ0) is 27.1. The van der Waals surface area contributed by atoms with E-state index in [1.165, 1.54) is 28.2 Å². The van der Waals surface area contributed by atoms with E-state index in [1.807, 2.05) is 54.6 Å². The Morgan fingerprint density at radius 2 is 1.77 bits per heavy atom. The summed E-state index contributed by atoms with van der Waals surface area (Å²) in [5.74, 6) is -1.53. The predicted molar refractivity (Wildman–Crippen MR) is 138 cm³/mol. The van der Waals surface area contributed by atoms with Crippen LogP contribution in [0.25, 0.3) is 0 Å². The first-order chi connectivity index (χ1) is 18.9. The minimum atomic E-state index is -1.10. The number of hydrogen-bond acceptors (Lipinski definition) is 8. The third-order valence-electron chi connectivity index (χ3n) is 7.00. The molecule has 0 saturated carbocycles. The van der Waals surface area contributed by atoms with Gasteiger partial charge < -0.3 is 4.74 Å². The third kappa shape index (κ3) is 4.31. The van der Waals surface area contributed by atoms with Crippen LogP contribution in [0.2, 0.25) is 0 Å². The molecule has 10 nitrogen and oxygen atoms in total. The topological polar surface area (TPSA) is 107 Å². The molecule has 11 heteroatoms. The molecular weight excluding hydrogens is 503 g/mol. The van der Waals surface area contributed by atoms with E-state index < -0.39 is 41.7 Å². The molecule has 196 valence electrons. The van der Waals surface area contributed by atoms with Crippen LogP contribution in [0.5, 0.6) is 5.75 Å². The van der Waals surface area contributed by atoms with Gasteiger partial charge in [0.25, 0.3) is 17.7 Å². The standard InChI is InChI=1S/C28H23FN6O4/c1-39-21-12-10-18(11-13-21)23-15-22(17-6-3-2-4-7-17)31-35(23)24(36)16-33-26-25(30-32-33)27(37)34(28(26)38)20-9-5-8-19(29)14-20/h2-14,23,25-26H,15-16H2,1H3/t23-,25+,26+/m0/s1. The van der Waals surface area contributed by atoms with Gasteiger partial charge in [-0.2, -0.15) is 10.2 Å². The van der Waals surface area contributed by atoms with Gasteiger partial charge in [0, 0.05) is 6.42 Å². The molecular formula is C28H23FN6O4. The molecule has 0 radical (unpaired) electrons. The molecule has 0 unspecified atom stereocenters. The van der Waals surface area contributed by atoms with Crippen molar-refractivity contribution in [1.82, 2.24) is 10.0 Å². The van der Waals surface area contributed by atoms with Crippen LogP contribution in [0.1, 0.15) is 23.6 Å². The molecule has 3 aliphatic rings. The predicted octanol–water partition coefficient (Wildman–Crippen LogP) is 3.51. The Morgan fingerprint density at radius 1 is 1.00 bits per heavy atom. The van der Waals surface area contributed by atoms with E-state index in [0.717, 1.165) is 27.8 Å². The summed E-state index contributed by atoms with van der Waals surface area (Å²) in [6.07, 6.45) is 0.487. The van der Waals surface area contributed by atoms with E-state index in [4.69, 9.17) is 4.74 Å². The molecule has 3 aromatic carbocycles. The minimum Gasteiger partial charge on any atom is -0.497 e. The van der Waals surface area contributed by atoms with Crippen LogP contribution in [-0.2, 0) is 14.4 Å². The zero-order valence-electron chi connectivity index (χ0n) is 20.8. The lowest BCUT2D eigenvalue weighted by Gasteiger charge is -2.25. The van der Waals surface area contributed by atoms with Crippen LogP contribution in [0, 0.1) is 5.82 Å². The quantitative estimate of drug-likeness (QED) is 0.457. The van der Waals surface area contributed by atoms with E-state index in [-0.39, 0.29) is 12.2 Å². The summed E-state index contributed by atoms with van der Waals surface area (Å²) in [5.41, 5.74) is 2.62. The van der Waals surface area contributed by atoms with Crippen molar-refractivity contribution in [2.45, 2.75) is 24.5 Å². The second-order valence-corrected chi connectivity index (χ2v) is 9.33. The molecule has 39 heavy (non-hydrogen) atoms. The first kappa shape index (κ1) is 24.4. The Balaban J connectivity index is 1.26. The van der Waals surface area contributed by atoms with Gasteiger partial charge in [-0.05, 0) is 41.5 Å². The van der Waals surface area contributed by atoms with Crippen molar-refractivity contribution in [3.05, 3.63) is 95.8 Å². The fourth-order valence-corrected chi connectivity index (χ4v) is 5.07. The Morgan fingerprint density at radius 3 is 2.49 bits per heavy atom. The Bertz CT molecular complexity index is 1510. The molecule has 0 N–H and O–H groups in total. The number of rotatable bonds is 6. The number of methoxy groups -OCH3 is 1. The summed E-state index contributed by atoms with van der Waals surface area (Å²) in [7, 11) is 1.58. The smallest absolute Gasteiger partial charge is 0.264 e. The van der Waals surface area contributed by atoms with E-state index in [0.29, 0.717) is 12.2 Å². The molecule has 6 rings (SSSR count). The highest BCUT2D eigenvalue weighted by Crippen LogP contribution is 2.36. The molecule has 3 amide bonds. The van der Waals surface area contributed by atoms with Crippen LogP contribution < -0.4 is 9.64 Å². The molecule has 3 atom stereocenters. The largest absolute Gasteiger partial charge is 0.497 e. The molecule has 3 heterocycles. The maximum atomic E-state index is 13.8. The van der Waals surface area contributed by atoms with Crippen molar-refractivity contribution in [1.29, 1.82) is 0 Å². The van der Waals surface area contributed by atoms with E-state index in [1.54, 1.807) is 7.11 Å². The maximum Gasteiger partial charge on any atom is 0.264 e. The number of anilines is 1. The van der Waals surface area contributed by atoms with E-state index in [2.05, 4.69) is 15.4 Å². The fourth-order valence-electron chi connectivity index (χ4n) is 5.07. The van der Waals surface area contributed by atoms with E-state index >= 15 is 0 Å². The average molecular weight is 527 g/mol. The summed E-state index contributed by atoms with van der Waals surface area (Å²) in [6.45, 7) is -0.321. The lowest BCUT2D eigenvalue weighted by molar-refractivity contribution is -0.135. The van der Waals surface area contributed by atoms with Crippen LogP contribution in [-0.4, -0.2) is 59.2 Å². The van der Waals surface area contributed by atoms with Crippen molar-refractivity contribution in [2.75, 3.05) is 18.6 Å². The summed E-state index contributed by atoms with van der Waals surface area (Å²) in [5, 5.41) is 15.2. The van der Waals surface area contributed by atoms with Crippen LogP contribution in [0.3, 0.4) is 0 Å². The number of amides is 3. The van der Waals surface area contributed by atoms with Gasteiger partial charge in [0.2, 0.25) is 0 Å². The lowest BCUT2D eigenvalue weighted by atomic mass is 9.98. The normalized spacial score (nSPS) is 21.9. The number of ether oxygens (including phenoxy) is 1. The van der Waals surface area contributed by atoms with Gasteiger partial charge >= 0.3 is 0 Å². The number of imide groups is 1. The summed E-state index contributed by atoms with van der Waals surface area (Å²) in [4.78, 5) is 40.8. The van der Waals surface area contributed by atoms with Crippen LogP contribution in [0.4, 0.5) is 10.1 Å². The fraction of sp³-hybridized carbons (Fsp3) is 0.214. The monoisotopic (exact) mass is 526 g/mol. The van der Waals surface area contributed by atoms with Gasteiger partial charge in [-0.3, -0.25) is 19.4 Å². The second kappa shape index (κ2) is 9.75. The molecule has 1 saturated heterocycles. The number of benzene rings is 3. The highest BCUT2D eigenvalue weighted by atomic mass is 19.1. The third-order valence-corrected chi connectivity index (χ3v) is 7.00. The Hall–Kier alpha value is -4.93. The van der Waals surface area contributed by atoms with Gasteiger partial charge in [-0.25, -0.2) is 14.3 Å². The maximum absolute atomic E-state index is 13.8. The molecule has 1 fully saturated rings. The second-order valence-electron chi connectivity index (χ2n) is 9.33. The van der Waals surface area contributed by atoms with Crippen molar-refractivity contribution >= 4 is 29.1 Å². The number of fused-ring (bicyclic) bond motifs is 1. The first-order valence-electron chi connectivity index (χ1n) is 12.3. The molecule has 0 aromatic heterocycles. The highest BCUT2D eigenvalue weighted by molar-refractivity contribution is 6.25. The van der Waals surface area contributed by atoms with Gasteiger partial charge in [-0.1, -0.05) is 53.8 Å². The van der Waals surface area contributed by atoms with Crippen LogP contribution in [0.15, 0.2) is 94.3 Å². The first-order valence-corrected chi connectivity index (χ1v) is 12.3. The molecule has 3 aliphatic heterocycles. The SMILES string of the molecule is COc1ccc([C@@H]2CC(c3ccccc3)=NN2C(=O)CN2N=N[C@H]3C(=O)N(c4cccc(F)c4)C(=O)[C@@H]32)cc1. The van der Waals surface area contributed by atoms with E-state index in [9.17, 15) is 18.8 Å². The number of halogens is 1. The van der Waals surface area contributed by atoms with Crippen molar-refractivity contribution in [3.63, 3.8) is 0 Å². The zero-order valence-corrected chi connectivity index (χ0v) is 20.8. The number of hydrogen-bond donors (Lipinski definition) is 0. The summed E-state index contributed by atoms with van der Waals surface area (Å²) < 4.78 is 19.1. The molecule has 0 spiro atoms.